The van der Waals surface area contributed by atoms with Crippen molar-refractivity contribution in [1.82, 2.24) is 0 Å². The fraction of sp³-hybridized carbons (Fsp3) is 0.647. The van der Waals surface area contributed by atoms with Gasteiger partial charge < -0.3 is 20.7 Å². The van der Waals surface area contributed by atoms with Crippen molar-refractivity contribution in [3.8, 4) is 0 Å². The fourth-order valence-corrected chi connectivity index (χ4v) is 2.96. The predicted molar refractivity (Wildman–Crippen MR) is 90.0 cm³/mol. The van der Waals surface area contributed by atoms with Gasteiger partial charge in [-0.05, 0) is 51.4 Å². The maximum Gasteiger partial charge on any atom is 0.125 e. The van der Waals surface area contributed by atoms with Crippen LogP contribution < -0.4 is 16.0 Å². The molecule has 5 heteroatoms. The average molecular weight is 309 g/mol. The van der Waals surface area contributed by atoms with Crippen LogP contribution in [-0.2, 0) is 4.74 Å². The van der Waals surface area contributed by atoms with E-state index in [1.54, 1.807) is 6.07 Å². The van der Waals surface area contributed by atoms with Gasteiger partial charge >= 0.3 is 0 Å². The smallest absolute Gasteiger partial charge is 0.125 e. The van der Waals surface area contributed by atoms with Crippen LogP contribution in [0.3, 0.4) is 0 Å². The molecule has 1 saturated heterocycles. The molecule has 4 nitrogen and oxygen atoms in total. The van der Waals surface area contributed by atoms with Crippen LogP contribution in [0.25, 0.3) is 0 Å². The molecule has 0 bridgehead atoms. The Hall–Kier alpha value is -1.33. The second-order valence-corrected chi connectivity index (χ2v) is 6.10. The van der Waals surface area contributed by atoms with Crippen molar-refractivity contribution in [3.05, 3.63) is 24.0 Å². The van der Waals surface area contributed by atoms with Crippen LogP contribution >= 0.6 is 0 Å². The van der Waals surface area contributed by atoms with E-state index >= 15 is 0 Å². The average Bonchev–Trinajstić information content (AvgIpc) is 2.47. The number of halogens is 1. The van der Waals surface area contributed by atoms with Gasteiger partial charge in [-0.2, -0.15) is 0 Å². The third-order valence-corrected chi connectivity index (χ3v) is 3.92. The molecule has 1 aromatic carbocycles. The molecule has 0 amide bonds. The van der Waals surface area contributed by atoms with Gasteiger partial charge in [-0.1, -0.05) is 6.42 Å². The molecule has 0 aliphatic carbocycles. The Morgan fingerprint density at radius 3 is 2.64 bits per heavy atom. The van der Waals surface area contributed by atoms with E-state index in [9.17, 15) is 4.39 Å². The van der Waals surface area contributed by atoms with Gasteiger partial charge in [-0.25, -0.2) is 4.39 Å². The Morgan fingerprint density at radius 2 is 1.95 bits per heavy atom. The minimum absolute atomic E-state index is 0.157. The Bertz CT molecular complexity index is 459. The minimum Gasteiger partial charge on any atom is -0.383 e. The van der Waals surface area contributed by atoms with Crippen molar-refractivity contribution < 1.29 is 9.13 Å². The second-order valence-electron chi connectivity index (χ2n) is 6.10. The monoisotopic (exact) mass is 309 g/mol. The second kappa shape index (κ2) is 8.34. The standard InChI is InChI=1S/C17H28FN3O/c1-13-11-21(12-14(2)22-13)17-10-15(18)6-7-16(17)20-9-5-3-4-8-19/h6-7,10,13-14,20H,3-5,8-9,11-12,19H2,1-2H3. The predicted octanol–water partition coefficient (Wildman–Crippen LogP) is 2.98. The zero-order valence-corrected chi connectivity index (χ0v) is 13.6. The summed E-state index contributed by atoms with van der Waals surface area (Å²) in [6.07, 6.45) is 3.56. The normalized spacial score (nSPS) is 21.9. The number of anilines is 2. The van der Waals surface area contributed by atoms with Crippen molar-refractivity contribution >= 4 is 11.4 Å². The van der Waals surface area contributed by atoms with Crippen LogP contribution in [0.1, 0.15) is 33.1 Å². The molecular formula is C17H28FN3O. The topological polar surface area (TPSA) is 50.5 Å². The molecule has 124 valence electrons. The Morgan fingerprint density at radius 1 is 1.23 bits per heavy atom. The van der Waals surface area contributed by atoms with E-state index in [1.807, 2.05) is 6.07 Å². The number of ether oxygens (including phenoxy) is 1. The summed E-state index contributed by atoms with van der Waals surface area (Å²) in [6, 6.07) is 4.96. The molecular weight excluding hydrogens is 281 g/mol. The summed E-state index contributed by atoms with van der Waals surface area (Å²) in [6.45, 7) is 7.31. The molecule has 0 radical (unpaired) electrons. The zero-order chi connectivity index (χ0) is 15.9. The molecule has 0 aromatic heterocycles. The lowest BCUT2D eigenvalue weighted by atomic mass is 10.1. The SMILES string of the molecule is CC1CN(c2cc(F)ccc2NCCCCCN)CC(C)O1. The highest BCUT2D eigenvalue weighted by molar-refractivity contribution is 5.70. The number of nitrogens with zero attached hydrogens (tertiary/aromatic N) is 1. The number of nitrogens with one attached hydrogen (secondary N) is 1. The molecule has 1 aliphatic heterocycles. The first-order valence-electron chi connectivity index (χ1n) is 8.24. The lowest BCUT2D eigenvalue weighted by Gasteiger charge is -2.37. The molecule has 1 heterocycles. The van der Waals surface area contributed by atoms with Crippen molar-refractivity contribution in [1.29, 1.82) is 0 Å². The fourth-order valence-electron chi connectivity index (χ4n) is 2.96. The first-order chi connectivity index (χ1) is 10.6. The number of unbranched alkanes of at least 4 members (excludes halogenated alkanes) is 2. The maximum atomic E-state index is 13.7. The van der Waals surface area contributed by atoms with Crippen LogP contribution in [0.15, 0.2) is 18.2 Å². The van der Waals surface area contributed by atoms with Gasteiger partial charge in [0.15, 0.2) is 0 Å². The van der Waals surface area contributed by atoms with Crippen molar-refractivity contribution in [2.24, 2.45) is 5.73 Å². The Balaban J connectivity index is 2.03. The van der Waals surface area contributed by atoms with E-state index in [1.165, 1.54) is 6.07 Å². The van der Waals surface area contributed by atoms with Gasteiger partial charge in [0, 0.05) is 19.6 Å². The molecule has 1 aliphatic rings. The van der Waals surface area contributed by atoms with Gasteiger partial charge in [0.2, 0.25) is 0 Å². The number of rotatable bonds is 7. The number of hydrogen-bond acceptors (Lipinski definition) is 4. The van der Waals surface area contributed by atoms with Crippen molar-refractivity contribution in [2.75, 3.05) is 36.4 Å². The molecule has 0 saturated carbocycles. The summed E-state index contributed by atoms with van der Waals surface area (Å²) in [5.41, 5.74) is 7.43. The van der Waals surface area contributed by atoms with Crippen LogP contribution in [0, 0.1) is 5.82 Å². The molecule has 3 N–H and O–H groups in total. The first-order valence-corrected chi connectivity index (χ1v) is 8.24. The van der Waals surface area contributed by atoms with Crippen molar-refractivity contribution in [3.63, 3.8) is 0 Å². The maximum absolute atomic E-state index is 13.7. The van der Waals surface area contributed by atoms with E-state index in [2.05, 4.69) is 24.1 Å². The third-order valence-electron chi connectivity index (χ3n) is 3.92. The van der Waals surface area contributed by atoms with E-state index < -0.39 is 0 Å². The van der Waals surface area contributed by atoms with Crippen LogP contribution in [0.5, 0.6) is 0 Å². The lowest BCUT2D eigenvalue weighted by Crippen LogP contribution is -2.45. The molecule has 1 aromatic rings. The molecule has 22 heavy (non-hydrogen) atoms. The number of hydrogen-bond donors (Lipinski definition) is 2. The number of morpholine rings is 1. The highest BCUT2D eigenvalue weighted by Crippen LogP contribution is 2.29. The van der Waals surface area contributed by atoms with Gasteiger partial charge in [0.05, 0.1) is 23.6 Å². The highest BCUT2D eigenvalue weighted by Gasteiger charge is 2.24. The number of nitrogens with two attached hydrogens (primary N) is 1. The van der Waals surface area contributed by atoms with Gasteiger partial charge in [-0.15, -0.1) is 0 Å². The third kappa shape index (κ3) is 4.85. The lowest BCUT2D eigenvalue weighted by molar-refractivity contribution is -0.00519. The summed E-state index contributed by atoms with van der Waals surface area (Å²) in [5, 5.41) is 3.44. The van der Waals surface area contributed by atoms with Crippen LogP contribution in [0.2, 0.25) is 0 Å². The van der Waals surface area contributed by atoms with E-state index in [4.69, 9.17) is 10.5 Å². The quantitative estimate of drug-likeness (QED) is 0.760. The summed E-state index contributed by atoms with van der Waals surface area (Å²) < 4.78 is 19.5. The van der Waals surface area contributed by atoms with E-state index in [0.29, 0.717) is 0 Å². The summed E-state index contributed by atoms with van der Waals surface area (Å²) >= 11 is 0. The first kappa shape index (κ1) is 17.0. The summed E-state index contributed by atoms with van der Waals surface area (Å²) in [7, 11) is 0. The van der Waals surface area contributed by atoms with E-state index in [0.717, 1.165) is 56.8 Å². The van der Waals surface area contributed by atoms with Crippen molar-refractivity contribution in [2.45, 2.75) is 45.3 Å². The molecule has 2 unspecified atom stereocenters. The summed E-state index contributed by atoms with van der Waals surface area (Å²) in [5.74, 6) is -0.199. The van der Waals surface area contributed by atoms with Crippen LogP contribution in [-0.4, -0.2) is 38.4 Å². The molecule has 1 fully saturated rings. The van der Waals surface area contributed by atoms with Crippen LogP contribution in [0.4, 0.5) is 15.8 Å². The molecule has 2 rings (SSSR count). The van der Waals surface area contributed by atoms with Gasteiger partial charge in [0.25, 0.3) is 0 Å². The van der Waals surface area contributed by atoms with E-state index in [-0.39, 0.29) is 18.0 Å². The highest BCUT2D eigenvalue weighted by atomic mass is 19.1. The zero-order valence-electron chi connectivity index (χ0n) is 13.6. The largest absolute Gasteiger partial charge is 0.383 e. The van der Waals surface area contributed by atoms with Gasteiger partial charge in [0.1, 0.15) is 5.82 Å². The Kier molecular flexibility index (Phi) is 6.46. The molecule has 0 spiro atoms. The number of benzene rings is 1. The minimum atomic E-state index is -0.199. The van der Waals surface area contributed by atoms with Gasteiger partial charge in [-0.3, -0.25) is 0 Å². The Labute approximate surface area is 132 Å². The molecule has 2 atom stereocenters. The summed E-state index contributed by atoms with van der Waals surface area (Å²) in [4.78, 5) is 2.21.